The molecule has 0 bridgehead atoms. The summed E-state index contributed by atoms with van der Waals surface area (Å²) < 4.78 is 0. The van der Waals surface area contributed by atoms with Crippen LogP contribution in [0.15, 0.2) is 35.3 Å². The molecule has 1 atom stereocenters. The molecule has 0 saturated carbocycles. The molecule has 1 aliphatic carbocycles. The van der Waals surface area contributed by atoms with Crippen molar-refractivity contribution in [2.75, 3.05) is 0 Å². The third-order valence-corrected chi connectivity index (χ3v) is 4.37. The highest BCUT2D eigenvalue weighted by Gasteiger charge is 2.17. The number of aromatic nitrogens is 1. The first-order chi connectivity index (χ1) is 11.0. The van der Waals surface area contributed by atoms with E-state index in [0.717, 1.165) is 24.5 Å². The number of aromatic amines is 1. The topological polar surface area (TPSA) is 82.2 Å². The highest BCUT2D eigenvalue weighted by atomic mass is 16.3. The zero-order valence-electron chi connectivity index (χ0n) is 13.1. The molecule has 2 aromatic rings. The van der Waals surface area contributed by atoms with E-state index in [1.54, 1.807) is 0 Å². The highest BCUT2D eigenvalue weighted by molar-refractivity contribution is 5.96. The average molecular weight is 312 g/mol. The number of amides is 1. The van der Waals surface area contributed by atoms with E-state index in [0.29, 0.717) is 0 Å². The minimum atomic E-state index is -0.443. The summed E-state index contributed by atoms with van der Waals surface area (Å²) in [5, 5.41) is 12.6. The van der Waals surface area contributed by atoms with Gasteiger partial charge >= 0.3 is 0 Å². The van der Waals surface area contributed by atoms with Gasteiger partial charge < -0.3 is 15.4 Å². The Labute approximate surface area is 134 Å². The Bertz CT molecular complexity index is 795. The van der Waals surface area contributed by atoms with Crippen molar-refractivity contribution in [1.29, 1.82) is 0 Å². The Morgan fingerprint density at radius 2 is 1.96 bits per heavy atom. The fourth-order valence-electron chi connectivity index (χ4n) is 3.02. The van der Waals surface area contributed by atoms with Gasteiger partial charge in [0.15, 0.2) is 0 Å². The number of carbonyl (C=O) groups excluding carboxylic acids is 1. The van der Waals surface area contributed by atoms with Gasteiger partial charge in [0.1, 0.15) is 5.75 Å². The molecule has 0 fully saturated rings. The molecule has 1 heterocycles. The van der Waals surface area contributed by atoms with E-state index in [4.69, 9.17) is 0 Å². The quantitative estimate of drug-likeness (QED) is 0.814. The molecule has 0 radical (unpaired) electrons. The van der Waals surface area contributed by atoms with Crippen LogP contribution in [-0.2, 0) is 12.8 Å². The van der Waals surface area contributed by atoms with Crippen molar-refractivity contribution in [3.63, 3.8) is 0 Å². The standard InChI is InChI=1S/C18H20N2O3/c1-11(13-7-6-12-4-2-3-5-14(12)8-13)20-18(23)15-10-19-17(22)9-16(15)21/h6-11H,2-5H2,1H3,(H,20,23)(H2,19,21,22). The first-order valence-electron chi connectivity index (χ1n) is 7.89. The smallest absolute Gasteiger partial charge is 0.257 e. The number of aromatic hydroxyl groups is 1. The van der Waals surface area contributed by atoms with Gasteiger partial charge in [-0.25, -0.2) is 0 Å². The van der Waals surface area contributed by atoms with E-state index < -0.39 is 11.5 Å². The lowest BCUT2D eigenvalue weighted by atomic mass is 9.89. The number of hydrogen-bond acceptors (Lipinski definition) is 3. The monoisotopic (exact) mass is 312 g/mol. The summed E-state index contributed by atoms with van der Waals surface area (Å²) in [6.45, 7) is 1.91. The number of hydrogen-bond donors (Lipinski definition) is 3. The van der Waals surface area contributed by atoms with Crippen LogP contribution in [0, 0.1) is 0 Å². The van der Waals surface area contributed by atoms with Crippen LogP contribution in [0.3, 0.4) is 0 Å². The van der Waals surface area contributed by atoms with Crippen LogP contribution >= 0.6 is 0 Å². The zero-order valence-corrected chi connectivity index (χ0v) is 13.1. The molecule has 0 saturated heterocycles. The van der Waals surface area contributed by atoms with Gasteiger partial charge in [-0.1, -0.05) is 18.2 Å². The van der Waals surface area contributed by atoms with Gasteiger partial charge in [0, 0.05) is 12.3 Å². The highest BCUT2D eigenvalue weighted by Crippen LogP contribution is 2.25. The second kappa shape index (κ2) is 6.28. The number of benzene rings is 1. The molecular formula is C18H20N2O3. The Morgan fingerprint density at radius 1 is 1.22 bits per heavy atom. The lowest BCUT2D eigenvalue weighted by Gasteiger charge is -2.20. The summed E-state index contributed by atoms with van der Waals surface area (Å²) in [5.41, 5.74) is 3.43. The fraction of sp³-hybridized carbons (Fsp3) is 0.333. The molecule has 1 aliphatic rings. The summed E-state index contributed by atoms with van der Waals surface area (Å²) in [7, 11) is 0. The van der Waals surface area contributed by atoms with E-state index in [1.807, 2.05) is 13.0 Å². The Kier molecular flexibility index (Phi) is 4.19. The fourth-order valence-corrected chi connectivity index (χ4v) is 3.02. The predicted octanol–water partition coefficient (Wildman–Crippen LogP) is 2.45. The number of rotatable bonds is 3. The predicted molar refractivity (Wildman–Crippen MR) is 87.7 cm³/mol. The molecule has 3 rings (SSSR count). The number of pyridine rings is 1. The van der Waals surface area contributed by atoms with Crippen LogP contribution in [-0.4, -0.2) is 16.0 Å². The van der Waals surface area contributed by atoms with E-state index >= 15 is 0 Å². The van der Waals surface area contributed by atoms with Gasteiger partial charge in [0.05, 0.1) is 11.6 Å². The van der Waals surface area contributed by atoms with Crippen molar-refractivity contribution in [3.05, 3.63) is 63.1 Å². The third kappa shape index (κ3) is 3.28. The zero-order chi connectivity index (χ0) is 16.4. The maximum atomic E-state index is 12.3. The molecule has 1 amide bonds. The summed E-state index contributed by atoms with van der Waals surface area (Å²) in [6, 6.07) is 7.16. The van der Waals surface area contributed by atoms with Crippen molar-refractivity contribution in [1.82, 2.24) is 10.3 Å². The maximum absolute atomic E-state index is 12.3. The van der Waals surface area contributed by atoms with Crippen molar-refractivity contribution in [2.24, 2.45) is 0 Å². The van der Waals surface area contributed by atoms with Crippen LogP contribution in [0.4, 0.5) is 0 Å². The van der Waals surface area contributed by atoms with Crippen LogP contribution in [0.5, 0.6) is 5.75 Å². The van der Waals surface area contributed by atoms with E-state index in [2.05, 4.69) is 22.4 Å². The van der Waals surface area contributed by atoms with Crippen molar-refractivity contribution >= 4 is 5.91 Å². The van der Waals surface area contributed by atoms with Gasteiger partial charge in [0.25, 0.3) is 11.5 Å². The molecule has 1 aromatic carbocycles. The van der Waals surface area contributed by atoms with Gasteiger partial charge in [-0.3, -0.25) is 9.59 Å². The van der Waals surface area contributed by atoms with Gasteiger partial charge in [-0.2, -0.15) is 0 Å². The second-order valence-corrected chi connectivity index (χ2v) is 6.03. The summed E-state index contributed by atoms with van der Waals surface area (Å²) in [4.78, 5) is 25.8. The molecule has 120 valence electrons. The van der Waals surface area contributed by atoms with Crippen LogP contribution < -0.4 is 10.9 Å². The number of carbonyl (C=O) groups is 1. The van der Waals surface area contributed by atoms with Crippen LogP contribution in [0.1, 0.15) is 52.9 Å². The van der Waals surface area contributed by atoms with Crippen LogP contribution in [0.25, 0.3) is 0 Å². The lowest BCUT2D eigenvalue weighted by Crippen LogP contribution is -2.27. The SMILES string of the molecule is CC(NC(=O)c1c[nH]c(=O)cc1O)c1ccc2c(c1)CCCC2. The minimum absolute atomic E-state index is 0.0643. The van der Waals surface area contributed by atoms with E-state index in [-0.39, 0.29) is 17.4 Å². The first kappa shape index (κ1) is 15.3. The second-order valence-electron chi connectivity index (χ2n) is 6.03. The molecule has 1 unspecified atom stereocenters. The summed E-state index contributed by atoms with van der Waals surface area (Å²) >= 11 is 0. The lowest BCUT2D eigenvalue weighted by molar-refractivity contribution is 0.0936. The van der Waals surface area contributed by atoms with Crippen molar-refractivity contribution in [2.45, 2.75) is 38.6 Å². The van der Waals surface area contributed by atoms with E-state index in [1.165, 1.54) is 30.2 Å². The van der Waals surface area contributed by atoms with Gasteiger partial charge in [-0.15, -0.1) is 0 Å². The van der Waals surface area contributed by atoms with Gasteiger partial charge in [-0.05, 0) is 49.3 Å². The molecule has 23 heavy (non-hydrogen) atoms. The number of H-pyrrole nitrogens is 1. The van der Waals surface area contributed by atoms with Crippen molar-refractivity contribution < 1.29 is 9.90 Å². The molecule has 3 N–H and O–H groups in total. The molecule has 0 aliphatic heterocycles. The van der Waals surface area contributed by atoms with Crippen molar-refractivity contribution in [3.8, 4) is 5.75 Å². The van der Waals surface area contributed by atoms with E-state index in [9.17, 15) is 14.7 Å². The number of aryl methyl sites for hydroxylation is 2. The molecule has 1 aromatic heterocycles. The van der Waals surface area contributed by atoms with Crippen LogP contribution in [0.2, 0.25) is 0 Å². The number of nitrogens with one attached hydrogen (secondary N) is 2. The summed E-state index contributed by atoms with van der Waals surface area (Å²) in [5.74, 6) is -0.729. The average Bonchev–Trinajstić information content (AvgIpc) is 2.54. The largest absolute Gasteiger partial charge is 0.507 e. The molecule has 5 heteroatoms. The first-order valence-corrected chi connectivity index (χ1v) is 7.89. The minimum Gasteiger partial charge on any atom is -0.507 e. The van der Waals surface area contributed by atoms with Gasteiger partial charge in [0.2, 0.25) is 0 Å². The Hall–Kier alpha value is -2.56. The molecule has 0 spiro atoms. The number of fused-ring (bicyclic) bond motifs is 1. The normalized spacial score (nSPS) is 14.8. The third-order valence-electron chi connectivity index (χ3n) is 4.37. The maximum Gasteiger partial charge on any atom is 0.257 e. The molecule has 5 nitrogen and oxygen atoms in total. The Balaban J connectivity index is 1.77. The Morgan fingerprint density at radius 3 is 2.70 bits per heavy atom. The summed E-state index contributed by atoms with van der Waals surface area (Å²) in [6.07, 6.45) is 5.89. The molecular weight excluding hydrogens is 292 g/mol.